The lowest BCUT2D eigenvalue weighted by molar-refractivity contribution is 0.254. The highest BCUT2D eigenvalue weighted by Gasteiger charge is 2.03. The molecule has 1 heterocycles. The van der Waals surface area contributed by atoms with Gasteiger partial charge in [-0.1, -0.05) is 12.1 Å². The van der Waals surface area contributed by atoms with Crippen molar-refractivity contribution in [3.05, 3.63) is 48.0 Å². The van der Waals surface area contributed by atoms with E-state index in [1.54, 1.807) is 30.6 Å². The number of para-hydroxylation sites is 1. The molecule has 1 aromatic heterocycles. The normalized spacial score (nSPS) is 10.0. The molecule has 1 aromatic carbocycles. The van der Waals surface area contributed by atoms with Gasteiger partial charge in [-0.15, -0.1) is 0 Å². The lowest BCUT2D eigenvalue weighted by Crippen LogP contribution is -2.11. The minimum absolute atomic E-state index is 0.0955. The molecule has 2 aromatic rings. The average molecular weight is 243 g/mol. The summed E-state index contributed by atoms with van der Waals surface area (Å²) in [5.41, 5.74) is 0.519. The van der Waals surface area contributed by atoms with Crippen LogP contribution in [0.4, 0.5) is 0 Å². The second-order valence-electron chi connectivity index (χ2n) is 3.65. The van der Waals surface area contributed by atoms with Crippen LogP contribution in [0.25, 0.3) is 0 Å². The third kappa shape index (κ3) is 2.67. The molecule has 0 fully saturated rings. The van der Waals surface area contributed by atoms with E-state index in [-0.39, 0.29) is 6.61 Å². The van der Waals surface area contributed by atoms with Gasteiger partial charge in [0.25, 0.3) is 0 Å². The summed E-state index contributed by atoms with van der Waals surface area (Å²) in [6.07, 6.45) is 3.42. The number of nitriles is 1. The predicted octanol–water partition coefficient (Wildman–Crippen LogP) is 1.33. The molecule has 1 N–H and O–H groups in total. The van der Waals surface area contributed by atoms with Crippen LogP contribution in [0, 0.1) is 11.3 Å². The van der Waals surface area contributed by atoms with Gasteiger partial charge in [-0.2, -0.15) is 5.26 Å². The molecule has 0 unspecified atom stereocenters. The van der Waals surface area contributed by atoms with Crippen molar-refractivity contribution in [2.45, 2.75) is 13.2 Å². The number of aliphatic hydroxyl groups excluding tert-OH is 1. The number of benzene rings is 1. The van der Waals surface area contributed by atoms with E-state index >= 15 is 0 Å². The van der Waals surface area contributed by atoms with Crippen LogP contribution < -0.4 is 4.74 Å². The van der Waals surface area contributed by atoms with Crippen molar-refractivity contribution in [3.63, 3.8) is 0 Å². The van der Waals surface area contributed by atoms with E-state index in [0.717, 1.165) is 0 Å². The van der Waals surface area contributed by atoms with Gasteiger partial charge in [0.05, 0.1) is 12.1 Å². The quantitative estimate of drug-likeness (QED) is 0.859. The number of imidazole rings is 1. The van der Waals surface area contributed by atoms with E-state index in [1.807, 2.05) is 10.6 Å². The van der Waals surface area contributed by atoms with Crippen LogP contribution in [0.15, 0.2) is 36.7 Å². The molecule has 0 saturated carbocycles. The Labute approximate surface area is 105 Å². The minimum Gasteiger partial charge on any atom is -0.490 e. The van der Waals surface area contributed by atoms with Crippen LogP contribution >= 0.6 is 0 Å². The molecule has 5 heteroatoms. The number of hydrogen-bond donors (Lipinski definition) is 1. The van der Waals surface area contributed by atoms with Gasteiger partial charge in [0.15, 0.2) is 0 Å². The van der Waals surface area contributed by atoms with Crippen molar-refractivity contribution in [1.29, 1.82) is 5.26 Å². The fourth-order valence-corrected chi connectivity index (χ4v) is 1.63. The maximum absolute atomic E-state index is 9.04. The summed E-state index contributed by atoms with van der Waals surface area (Å²) >= 11 is 0. The Hall–Kier alpha value is -2.32. The summed E-state index contributed by atoms with van der Waals surface area (Å²) in [6, 6.07) is 9.18. The molecule has 0 spiro atoms. The van der Waals surface area contributed by atoms with Crippen molar-refractivity contribution < 1.29 is 9.84 Å². The second-order valence-corrected chi connectivity index (χ2v) is 3.65. The number of hydrogen-bond acceptors (Lipinski definition) is 4. The first kappa shape index (κ1) is 12.1. The van der Waals surface area contributed by atoms with Crippen molar-refractivity contribution >= 4 is 0 Å². The topological polar surface area (TPSA) is 71.1 Å². The lowest BCUT2D eigenvalue weighted by atomic mass is 10.2. The third-order valence-electron chi connectivity index (χ3n) is 2.54. The van der Waals surface area contributed by atoms with Gasteiger partial charge in [0.1, 0.15) is 30.9 Å². The Balaban J connectivity index is 1.95. The predicted molar refractivity (Wildman–Crippen MR) is 64.8 cm³/mol. The van der Waals surface area contributed by atoms with Crippen LogP contribution in [-0.2, 0) is 13.2 Å². The van der Waals surface area contributed by atoms with Crippen LogP contribution in [0.2, 0.25) is 0 Å². The molecule has 0 aliphatic carbocycles. The fraction of sp³-hybridized carbons (Fsp3) is 0.231. The first-order chi connectivity index (χ1) is 8.85. The molecule has 2 rings (SSSR count). The van der Waals surface area contributed by atoms with Crippen molar-refractivity contribution in [1.82, 2.24) is 9.55 Å². The highest BCUT2D eigenvalue weighted by Crippen LogP contribution is 2.16. The highest BCUT2D eigenvalue weighted by atomic mass is 16.5. The summed E-state index contributed by atoms with van der Waals surface area (Å²) in [5.74, 6) is 1.18. The van der Waals surface area contributed by atoms with E-state index in [1.165, 1.54) is 0 Å². The molecule has 5 nitrogen and oxygen atoms in total. The standard InChI is InChI=1S/C13H13N3O2/c14-9-11-3-1-2-4-12(11)18-8-7-16-6-5-15-13(16)10-17/h1-6,17H,7-8,10H2. The van der Waals surface area contributed by atoms with Crippen LogP contribution in [0.1, 0.15) is 11.4 Å². The Morgan fingerprint density at radius 1 is 1.39 bits per heavy atom. The smallest absolute Gasteiger partial charge is 0.137 e. The van der Waals surface area contributed by atoms with Gasteiger partial charge in [-0.3, -0.25) is 0 Å². The molecule has 0 saturated heterocycles. The Kier molecular flexibility index (Phi) is 3.94. The number of ether oxygens (including phenoxy) is 1. The van der Waals surface area contributed by atoms with Crippen molar-refractivity contribution in [2.75, 3.05) is 6.61 Å². The Morgan fingerprint density at radius 3 is 3.00 bits per heavy atom. The fourth-order valence-electron chi connectivity index (χ4n) is 1.63. The lowest BCUT2D eigenvalue weighted by Gasteiger charge is -2.09. The minimum atomic E-state index is -0.0955. The van der Waals surface area contributed by atoms with Gasteiger partial charge in [-0.25, -0.2) is 4.98 Å². The van der Waals surface area contributed by atoms with Crippen LogP contribution in [-0.4, -0.2) is 21.3 Å². The molecular weight excluding hydrogens is 230 g/mol. The summed E-state index contributed by atoms with van der Waals surface area (Å²) in [4.78, 5) is 4.00. The van der Waals surface area contributed by atoms with Gasteiger partial charge >= 0.3 is 0 Å². The van der Waals surface area contributed by atoms with E-state index in [4.69, 9.17) is 15.1 Å². The molecule has 0 atom stereocenters. The molecule has 0 aliphatic rings. The SMILES string of the molecule is N#Cc1ccccc1OCCn1ccnc1CO. The number of rotatable bonds is 5. The average Bonchev–Trinajstić information content (AvgIpc) is 2.87. The first-order valence-electron chi connectivity index (χ1n) is 5.58. The molecule has 0 radical (unpaired) electrons. The molecule has 92 valence electrons. The van der Waals surface area contributed by atoms with Gasteiger partial charge in [0.2, 0.25) is 0 Å². The maximum atomic E-state index is 9.04. The van der Waals surface area contributed by atoms with Crippen LogP contribution in [0.5, 0.6) is 5.75 Å². The zero-order valence-corrected chi connectivity index (χ0v) is 9.78. The first-order valence-corrected chi connectivity index (χ1v) is 5.58. The van der Waals surface area contributed by atoms with Gasteiger partial charge in [-0.05, 0) is 12.1 Å². The van der Waals surface area contributed by atoms with Crippen molar-refractivity contribution in [2.24, 2.45) is 0 Å². The summed E-state index contributed by atoms with van der Waals surface area (Å²) < 4.78 is 7.36. The molecule has 0 bridgehead atoms. The number of nitrogens with zero attached hydrogens (tertiary/aromatic N) is 3. The zero-order valence-electron chi connectivity index (χ0n) is 9.78. The monoisotopic (exact) mass is 243 g/mol. The van der Waals surface area contributed by atoms with E-state index in [0.29, 0.717) is 30.3 Å². The van der Waals surface area contributed by atoms with Crippen LogP contribution in [0.3, 0.4) is 0 Å². The Morgan fingerprint density at radius 2 is 2.22 bits per heavy atom. The molecule has 18 heavy (non-hydrogen) atoms. The van der Waals surface area contributed by atoms with Gasteiger partial charge < -0.3 is 14.4 Å². The number of aliphatic hydroxyl groups is 1. The summed E-state index contributed by atoms with van der Waals surface area (Å²) in [6.45, 7) is 0.902. The summed E-state index contributed by atoms with van der Waals surface area (Å²) in [5, 5.41) is 17.9. The van der Waals surface area contributed by atoms with E-state index < -0.39 is 0 Å². The third-order valence-corrected chi connectivity index (χ3v) is 2.54. The summed E-state index contributed by atoms with van der Waals surface area (Å²) in [7, 11) is 0. The van der Waals surface area contributed by atoms with Crippen molar-refractivity contribution in [3.8, 4) is 11.8 Å². The maximum Gasteiger partial charge on any atom is 0.137 e. The highest BCUT2D eigenvalue weighted by molar-refractivity contribution is 5.42. The van der Waals surface area contributed by atoms with E-state index in [9.17, 15) is 0 Å². The van der Waals surface area contributed by atoms with Gasteiger partial charge in [0, 0.05) is 12.4 Å². The zero-order chi connectivity index (χ0) is 12.8. The molecular formula is C13H13N3O2. The number of aromatic nitrogens is 2. The van der Waals surface area contributed by atoms with E-state index in [2.05, 4.69) is 11.1 Å². The second kappa shape index (κ2) is 5.84. The molecule has 0 amide bonds. The Bertz CT molecular complexity index is 557. The largest absolute Gasteiger partial charge is 0.490 e. The molecule has 0 aliphatic heterocycles.